The van der Waals surface area contributed by atoms with Gasteiger partial charge in [0.25, 0.3) is 0 Å². The largest absolute Gasteiger partial charge is 0.234 e. The summed E-state index contributed by atoms with van der Waals surface area (Å²) in [6.07, 6.45) is 4.02. The van der Waals surface area contributed by atoms with Crippen LogP contribution in [0.15, 0.2) is 4.99 Å². The van der Waals surface area contributed by atoms with E-state index in [0.29, 0.717) is 12.5 Å². The zero-order valence-corrected chi connectivity index (χ0v) is 6.69. The van der Waals surface area contributed by atoms with Crippen LogP contribution < -0.4 is 0 Å². The van der Waals surface area contributed by atoms with Gasteiger partial charge in [0, 0.05) is 0 Å². The molecule has 10 heavy (non-hydrogen) atoms. The van der Waals surface area contributed by atoms with Gasteiger partial charge in [0.2, 0.25) is 6.08 Å². The Morgan fingerprint density at radius 2 is 2.20 bits per heavy atom. The highest BCUT2D eigenvalue weighted by Crippen LogP contribution is 2.22. The van der Waals surface area contributed by atoms with Crippen molar-refractivity contribution in [2.24, 2.45) is 10.9 Å². The predicted molar refractivity (Wildman–Crippen MR) is 43.0 cm³/mol. The van der Waals surface area contributed by atoms with Gasteiger partial charge in [0.1, 0.15) is 0 Å². The maximum Gasteiger partial charge on any atom is 0.234 e. The van der Waals surface area contributed by atoms with Gasteiger partial charge >= 0.3 is 0 Å². The van der Waals surface area contributed by atoms with Gasteiger partial charge in [-0.25, -0.2) is 9.79 Å². The zero-order chi connectivity index (χ0) is 7.23. The zero-order valence-electron chi connectivity index (χ0n) is 5.88. The average Bonchev–Trinajstić information content (AvgIpc) is 2.03. The van der Waals surface area contributed by atoms with Gasteiger partial charge in [-0.1, -0.05) is 0 Å². The van der Waals surface area contributed by atoms with Crippen LogP contribution in [0.1, 0.15) is 12.8 Å². The minimum absolute atomic E-state index is 0.655. The average molecular weight is 157 g/mol. The molecular weight excluding hydrogens is 146 g/mol. The Balaban J connectivity index is 2.19. The minimum atomic E-state index is 0.655. The molecule has 0 spiro atoms. The van der Waals surface area contributed by atoms with Crippen LogP contribution in [0.3, 0.4) is 0 Å². The van der Waals surface area contributed by atoms with Crippen molar-refractivity contribution >= 4 is 17.8 Å². The number of isocyanates is 1. The van der Waals surface area contributed by atoms with Gasteiger partial charge in [-0.3, -0.25) is 0 Å². The fraction of sp³-hybridized carbons (Fsp3) is 0.857. The van der Waals surface area contributed by atoms with Crippen molar-refractivity contribution in [3.63, 3.8) is 0 Å². The summed E-state index contributed by atoms with van der Waals surface area (Å²) in [5.41, 5.74) is 0. The standard InChI is InChI=1S/C7H11NOS/c9-6-8-5-7-1-3-10-4-2-7/h7H,1-5H2. The second kappa shape index (κ2) is 4.53. The molecule has 1 saturated heterocycles. The SMILES string of the molecule is O=C=NCC1CCSCC1. The first kappa shape index (κ1) is 7.83. The molecule has 3 heteroatoms. The van der Waals surface area contributed by atoms with Gasteiger partial charge in [0.05, 0.1) is 6.54 Å². The number of hydrogen-bond acceptors (Lipinski definition) is 3. The maximum atomic E-state index is 9.75. The van der Waals surface area contributed by atoms with E-state index in [1.165, 1.54) is 24.3 Å². The number of carbonyl (C=O) groups excluding carboxylic acids is 1. The van der Waals surface area contributed by atoms with E-state index in [1.54, 1.807) is 6.08 Å². The van der Waals surface area contributed by atoms with Crippen LogP contribution in [0.2, 0.25) is 0 Å². The molecule has 0 atom stereocenters. The summed E-state index contributed by atoms with van der Waals surface area (Å²) in [6, 6.07) is 0. The summed E-state index contributed by atoms with van der Waals surface area (Å²) in [7, 11) is 0. The van der Waals surface area contributed by atoms with E-state index in [-0.39, 0.29) is 0 Å². The lowest BCUT2D eigenvalue weighted by atomic mass is 10.0. The highest BCUT2D eigenvalue weighted by atomic mass is 32.2. The molecule has 1 heterocycles. The smallest absolute Gasteiger partial charge is 0.211 e. The highest BCUT2D eigenvalue weighted by molar-refractivity contribution is 7.99. The van der Waals surface area contributed by atoms with Gasteiger partial charge < -0.3 is 0 Å². The summed E-state index contributed by atoms with van der Waals surface area (Å²) >= 11 is 1.99. The van der Waals surface area contributed by atoms with Gasteiger partial charge in [-0.05, 0) is 30.3 Å². The molecule has 0 aliphatic carbocycles. The van der Waals surface area contributed by atoms with Crippen molar-refractivity contribution in [1.29, 1.82) is 0 Å². The van der Waals surface area contributed by atoms with E-state index in [0.717, 1.165) is 0 Å². The van der Waals surface area contributed by atoms with E-state index in [9.17, 15) is 4.79 Å². The Bertz CT molecular complexity index is 137. The topological polar surface area (TPSA) is 29.4 Å². The summed E-state index contributed by atoms with van der Waals surface area (Å²) in [5, 5.41) is 0. The highest BCUT2D eigenvalue weighted by Gasteiger charge is 2.12. The molecule has 0 aromatic carbocycles. The van der Waals surface area contributed by atoms with Gasteiger partial charge in [0.15, 0.2) is 0 Å². The first-order valence-corrected chi connectivity index (χ1v) is 4.70. The Labute approximate surface area is 65.1 Å². The minimum Gasteiger partial charge on any atom is -0.211 e. The number of rotatable bonds is 2. The maximum absolute atomic E-state index is 9.75. The van der Waals surface area contributed by atoms with E-state index < -0.39 is 0 Å². The Kier molecular flexibility index (Phi) is 3.55. The Morgan fingerprint density at radius 3 is 2.80 bits per heavy atom. The molecule has 0 radical (unpaired) electrons. The van der Waals surface area contributed by atoms with E-state index in [2.05, 4.69) is 4.99 Å². The lowest BCUT2D eigenvalue weighted by Gasteiger charge is -2.18. The molecule has 1 fully saturated rings. The first-order valence-electron chi connectivity index (χ1n) is 3.55. The van der Waals surface area contributed by atoms with E-state index >= 15 is 0 Å². The third-order valence-corrected chi connectivity index (χ3v) is 2.80. The molecule has 0 aromatic heterocycles. The van der Waals surface area contributed by atoms with E-state index in [4.69, 9.17) is 0 Å². The van der Waals surface area contributed by atoms with Crippen LogP contribution in [0.25, 0.3) is 0 Å². The molecule has 56 valence electrons. The van der Waals surface area contributed by atoms with Gasteiger partial charge in [-0.15, -0.1) is 0 Å². The molecule has 0 N–H and O–H groups in total. The van der Waals surface area contributed by atoms with Crippen LogP contribution in [-0.2, 0) is 4.79 Å². The molecule has 1 rings (SSSR count). The molecule has 2 nitrogen and oxygen atoms in total. The van der Waals surface area contributed by atoms with Crippen LogP contribution in [0.5, 0.6) is 0 Å². The molecule has 0 bridgehead atoms. The fourth-order valence-electron chi connectivity index (χ4n) is 1.10. The fourth-order valence-corrected chi connectivity index (χ4v) is 2.30. The second-order valence-electron chi connectivity index (χ2n) is 2.49. The molecule has 1 aliphatic rings. The predicted octanol–water partition coefficient (Wildman–Crippen LogP) is 1.47. The number of aliphatic imine (C=N–C) groups is 1. The summed E-state index contributed by atoms with van der Waals surface area (Å²) in [4.78, 5) is 13.3. The molecule has 0 unspecified atom stereocenters. The quantitative estimate of drug-likeness (QED) is 0.448. The Hall–Kier alpha value is -0.270. The molecule has 0 aromatic rings. The van der Waals surface area contributed by atoms with Crippen molar-refractivity contribution in [3.05, 3.63) is 0 Å². The Morgan fingerprint density at radius 1 is 1.50 bits per heavy atom. The molecule has 0 saturated carbocycles. The second-order valence-corrected chi connectivity index (χ2v) is 3.71. The van der Waals surface area contributed by atoms with Gasteiger partial charge in [-0.2, -0.15) is 11.8 Å². The van der Waals surface area contributed by atoms with Crippen molar-refractivity contribution in [2.45, 2.75) is 12.8 Å². The lowest BCUT2D eigenvalue weighted by molar-refractivity contribution is 0.497. The third-order valence-electron chi connectivity index (χ3n) is 1.75. The molecule has 0 amide bonds. The van der Waals surface area contributed by atoms with Crippen LogP contribution >= 0.6 is 11.8 Å². The molecule has 1 aliphatic heterocycles. The van der Waals surface area contributed by atoms with Crippen molar-refractivity contribution in [2.75, 3.05) is 18.1 Å². The molecular formula is C7H11NOS. The lowest BCUT2D eigenvalue weighted by Crippen LogP contribution is -2.12. The normalized spacial score (nSPS) is 20.0. The van der Waals surface area contributed by atoms with Crippen LogP contribution in [0, 0.1) is 5.92 Å². The number of thioether (sulfide) groups is 1. The summed E-state index contributed by atoms with van der Waals surface area (Å²) in [6.45, 7) is 0.698. The van der Waals surface area contributed by atoms with Crippen molar-refractivity contribution in [3.8, 4) is 0 Å². The number of hydrogen-bond donors (Lipinski definition) is 0. The summed E-state index contributed by atoms with van der Waals surface area (Å²) < 4.78 is 0. The monoisotopic (exact) mass is 157 g/mol. The van der Waals surface area contributed by atoms with E-state index in [1.807, 2.05) is 11.8 Å². The van der Waals surface area contributed by atoms with Crippen molar-refractivity contribution < 1.29 is 4.79 Å². The van der Waals surface area contributed by atoms with Crippen LogP contribution in [-0.4, -0.2) is 24.1 Å². The van der Waals surface area contributed by atoms with Crippen LogP contribution in [0.4, 0.5) is 0 Å². The number of nitrogens with zero attached hydrogens (tertiary/aromatic N) is 1. The first-order chi connectivity index (χ1) is 4.93. The third kappa shape index (κ3) is 2.54. The van der Waals surface area contributed by atoms with Crippen molar-refractivity contribution in [1.82, 2.24) is 0 Å². The summed E-state index contributed by atoms with van der Waals surface area (Å²) in [5.74, 6) is 3.13.